The van der Waals surface area contributed by atoms with Gasteiger partial charge >= 0.3 is 0 Å². The lowest BCUT2D eigenvalue weighted by atomic mass is 9.76. The van der Waals surface area contributed by atoms with E-state index in [1.807, 2.05) is 31.3 Å². The molecule has 2 unspecified atom stereocenters. The lowest BCUT2D eigenvalue weighted by Crippen LogP contribution is -2.24. The molecule has 2 aromatic carbocycles. The monoisotopic (exact) mass is 397 g/mol. The third kappa shape index (κ3) is 3.55. The molecule has 138 valence electrons. The molecule has 0 bridgehead atoms. The Morgan fingerprint density at radius 2 is 1.81 bits per heavy atom. The lowest BCUT2D eigenvalue weighted by molar-refractivity contribution is 0.471. The van der Waals surface area contributed by atoms with E-state index in [2.05, 4.69) is 34.6 Å². The highest BCUT2D eigenvalue weighted by Gasteiger charge is 2.28. The van der Waals surface area contributed by atoms with Crippen LogP contribution in [0.5, 0.6) is 0 Å². The van der Waals surface area contributed by atoms with Crippen LogP contribution in [0.2, 0.25) is 10.0 Å². The van der Waals surface area contributed by atoms with Gasteiger partial charge in [0.25, 0.3) is 0 Å². The van der Waals surface area contributed by atoms with E-state index >= 15 is 0 Å². The topological polar surface area (TPSA) is 50.9 Å². The third-order valence-electron chi connectivity index (χ3n) is 5.36. The van der Waals surface area contributed by atoms with Gasteiger partial charge in [-0.3, -0.25) is 4.98 Å². The Morgan fingerprint density at radius 3 is 2.52 bits per heavy atom. The van der Waals surface area contributed by atoms with Crippen LogP contribution in [-0.4, -0.2) is 12.0 Å². The van der Waals surface area contributed by atoms with Crippen molar-refractivity contribution in [2.45, 2.75) is 24.8 Å². The Morgan fingerprint density at radius 1 is 0.963 bits per heavy atom. The molecule has 1 aromatic heterocycles. The molecule has 0 spiro atoms. The predicted octanol–water partition coefficient (Wildman–Crippen LogP) is 5.82. The number of hydrogen-bond donors (Lipinski definition) is 2. The summed E-state index contributed by atoms with van der Waals surface area (Å²) in [5.74, 6) is 0.313. The third-order valence-corrected chi connectivity index (χ3v) is 6.10. The van der Waals surface area contributed by atoms with Crippen molar-refractivity contribution in [3.63, 3.8) is 0 Å². The van der Waals surface area contributed by atoms with Crippen molar-refractivity contribution >= 4 is 28.9 Å². The zero-order valence-corrected chi connectivity index (χ0v) is 16.6. The summed E-state index contributed by atoms with van der Waals surface area (Å²) in [5.41, 5.74) is 12.3. The normalized spacial score (nSPS) is 18.9. The van der Waals surface area contributed by atoms with Gasteiger partial charge in [-0.15, -0.1) is 0 Å². The minimum absolute atomic E-state index is 0.313. The highest BCUT2D eigenvalue weighted by atomic mass is 35.5. The number of nitrogens with two attached hydrogens (primary N) is 1. The lowest BCUT2D eigenvalue weighted by Gasteiger charge is -2.32. The van der Waals surface area contributed by atoms with E-state index in [-0.39, 0.29) is 0 Å². The molecule has 2 atom stereocenters. The zero-order chi connectivity index (χ0) is 19.0. The molecule has 27 heavy (non-hydrogen) atoms. The van der Waals surface area contributed by atoms with E-state index in [0.29, 0.717) is 27.7 Å². The van der Waals surface area contributed by atoms with Crippen molar-refractivity contribution in [2.24, 2.45) is 0 Å². The average molecular weight is 398 g/mol. The van der Waals surface area contributed by atoms with Gasteiger partial charge in [0.1, 0.15) is 0 Å². The summed E-state index contributed by atoms with van der Waals surface area (Å²) in [4.78, 5) is 4.47. The fourth-order valence-electron chi connectivity index (χ4n) is 3.95. The van der Waals surface area contributed by atoms with Crippen LogP contribution in [0, 0.1) is 0 Å². The van der Waals surface area contributed by atoms with Gasteiger partial charge in [-0.2, -0.15) is 0 Å². The largest absolute Gasteiger partial charge is 0.397 e. The number of pyridine rings is 1. The molecule has 0 fully saturated rings. The number of hydrogen-bond acceptors (Lipinski definition) is 3. The predicted molar refractivity (Wildman–Crippen MR) is 113 cm³/mol. The van der Waals surface area contributed by atoms with Crippen molar-refractivity contribution in [1.82, 2.24) is 10.3 Å². The smallest absolute Gasteiger partial charge is 0.0703 e. The van der Waals surface area contributed by atoms with Gasteiger partial charge in [0.2, 0.25) is 0 Å². The molecule has 5 heteroatoms. The minimum atomic E-state index is 0.313. The standard InChI is InChI=1S/C22H21Cl2N3/c1-26-22-9-6-16(13-3-7-19(23)20(24)11-13)17-5-2-14(10-18(17)22)21-8-4-15(25)12-27-21/h2-5,7-8,10-12,16,22,26H,6,9,25H2,1H3. The first-order valence-corrected chi connectivity index (χ1v) is 9.80. The summed E-state index contributed by atoms with van der Waals surface area (Å²) in [6.45, 7) is 0. The summed E-state index contributed by atoms with van der Waals surface area (Å²) in [6, 6.07) is 16.7. The second-order valence-electron chi connectivity index (χ2n) is 6.97. The minimum Gasteiger partial charge on any atom is -0.397 e. The van der Waals surface area contributed by atoms with Crippen molar-refractivity contribution in [3.05, 3.63) is 81.5 Å². The Balaban J connectivity index is 1.78. The van der Waals surface area contributed by atoms with Crippen LogP contribution in [0.4, 0.5) is 5.69 Å². The Hall–Kier alpha value is -2.07. The second kappa shape index (κ2) is 7.51. The number of benzene rings is 2. The molecule has 0 saturated heterocycles. The number of fused-ring (bicyclic) bond motifs is 1. The van der Waals surface area contributed by atoms with Gasteiger partial charge in [0.05, 0.1) is 27.6 Å². The van der Waals surface area contributed by atoms with Crippen LogP contribution >= 0.6 is 23.2 Å². The number of halogens is 2. The SMILES string of the molecule is CNC1CCC(c2ccc(Cl)c(Cl)c2)c2ccc(-c3ccc(N)cn3)cc21. The first kappa shape index (κ1) is 18.3. The number of nitrogens with zero attached hydrogens (tertiary/aromatic N) is 1. The molecule has 3 nitrogen and oxygen atoms in total. The van der Waals surface area contributed by atoms with Gasteiger partial charge < -0.3 is 11.1 Å². The van der Waals surface area contributed by atoms with Gasteiger partial charge in [0, 0.05) is 17.5 Å². The molecule has 3 aromatic rings. The van der Waals surface area contributed by atoms with E-state index in [9.17, 15) is 0 Å². The molecular weight excluding hydrogens is 377 g/mol. The first-order valence-electron chi connectivity index (χ1n) is 9.05. The molecule has 0 amide bonds. The number of anilines is 1. The Kier molecular flexibility index (Phi) is 5.09. The Labute approximate surface area is 169 Å². The highest BCUT2D eigenvalue weighted by molar-refractivity contribution is 6.42. The van der Waals surface area contributed by atoms with Crippen molar-refractivity contribution in [3.8, 4) is 11.3 Å². The van der Waals surface area contributed by atoms with E-state index in [1.165, 1.54) is 16.7 Å². The summed E-state index contributed by atoms with van der Waals surface area (Å²) in [7, 11) is 2.02. The van der Waals surface area contributed by atoms with Gasteiger partial charge in [-0.25, -0.2) is 0 Å². The Bertz CT molecular complexity index is 970. The quantitative estimate of drug-likeness (QED) is 0.584. The zero-order valence-electron chi connectivity index (χ0n) is 15.0. The average Bonchev–Trinajstić information content (AvgIpc) is 2.69. The molecule has 3 N–H and O–H groups in total. The van der Waals surface area contributed by atoms with Crippen LogP contribution in [0.25, 0.3) is 11.3 Å². The van der Waals surface area contributed by atoms with E-state index < -0.39 is 0 Å². The maximum Gasteiger partial charge on any atom is 0.0703 e. The molecule has 0 saturated carbocycles. The van der Waals surface area contributed by atoms with E-state index in [4.69, 9.17) is 28.9 Å². The molecule has 0 aliphatic heterocycles. The van der Waals surface area contributed by atoms with Crippen LogP contribution in [-0.2, 0) is 0 Å². The van der Waals surface area contributed by atoms with Crippen molar-refractivity contribution in [1.29, 1.82) is 0 Å². The fourth-order valence-corrected chi connectivity index (χ4v) is 4.26. The van der Waals surface area contributed by atoms with E-state index in [1.54, 1.807) is 6.20 Å². The number of nitrogen functional groups attached to an aromatic ring is 1. The molecule has 1 heterocycles. The maximum absolute atomic E-state index is 6.27. The second-order valence-corrected chi connectivity index (χ2v) is 7.78. The van der Waals surface area contributed by atoms with Crippen molar-refractivity contribution in [2.75, 3.05) is 12.8 Å². The number of aromatic nitrogens is 1. The number of rotatable bonds is 3. The summed E-state index contributed by atoms with van der Waals surface area (Å²) in [6.07, 6.45) is 3.83. The first-order chi connectivity index (χ1) is 13.1. The van der Waals surface area contributed by atoms with Crippen LogP contribution in [0.1, 0.15) is 41.5 Å². The van der Waals surface area contributed by atoms with Crippen LogP contribution < -0.4 is 11.1 Å². The molecule has 0 radical (unpaired) electrons. The number of nitrogens with one attached hydrogen (secondary N) is 1. The molecule has 1 aliphatic carbocycles. The summed E-state index contributed by atoms with van der Waals surface area (Å²) >= 11 is 12.4. The van der Waals surface area contributed by atoms with Crippen molar-refractivity contribution < 1.29 is 0 Å². The fraction of sp³-hybridized carbons (Fsp3) is 0.227. The molecular formula is C22H21Cl2N3. The van der Waals surface area contributed by atoms with Gasteiger partial charge in [-0.1, -0.05) is 41.4 Å². The van der Waals surface area contributed by atoms with Crippen LogP contribution in [0.3, 0.4) is 0 Å². The molecule has 1 aliphatic rings. The highest BCUT2D eigenvalue weighted by Crippen LogP contribution is 2.43. The molecule has 4 rings (SSSR count). The maximum atomic E-state index is 6.27. The summed E-state index contributed by atoms with van der Waals surface area (Å²) in [5, 5.41) is 4.65. The van der Waals surface area contributed by atoms with Crippen LogP contribution in [0.15, 0.2) is 54.7 Å². The summed E-state index contributed by atoms with van der Waals surface area (Å²) < 4.78 is 0. The van der Waals surface area contributed by atoms with Gasteiger partial charge in [0.15, 0.2) is 0 Å². The van der Waals surface area contributed by atoms with Gasteiger partial charge in [-0.05, 0) is 66.9 Å². The van der Waals surface area contributed by atoms with E-state index in [0.717, 1.165) is 24.1 Å².